The molecule has 0 aliphatic carbocycles. The van der Waals surface area contributed by atoms with E-state index in [1.165, 1.54) is 89.9 Å². The molecule has 0 heterocycles. The van der Waals surface area contributed by atoms with Crippen molar-refractivity contribution in [3.63, 3.8) is 0 Å². The van der Waals surface area contributed by atoms with E-state index in [9.17, 15) is 43.2 Å². The topological polar surface area (TPSA) is 237 Å². The van der Waals surface area contributed by atoms with Gasteiger partial charge in [0.2, 0.25) is 0 Å². The van der Waals surface area contributed by atoms with Crippen molar-refractivity contribution < 1.29 is 80.2 Å². The highest BCUT2D eigenvalue weighted by Gasteiger charge is 2.30. The zero-order valence-electron chi connectivity index (χ0n) is 63.4. The molecular formula is C81H144O17P2. The Balaban J connectivity index is 5.33. The first-order chi connectivity index (χ1) is 48.7. The van der Waals surface area contributed by atoms with Crippen LogP contribution >= 0.6 is 15.6 Å². The van der Waals surface area contributed by atoms with Crippen molar-refractivity contribution in [2.24, 2.45) is 0 Å². The maximum atomic E-state index is 13.1. The summed E-state index contributed by atoms with van der Waals surface area (Å²) in [6, 6.07) is 0. The summed E-state index contributed by atoms with van der Waals surface area (Å²) >= 11 is 0. The Morgan fingerprint density at radius 3 is 0.860 bits per heavy atom. The molecule has 0 amide bonds. The number of phosphoric acid groups is 2. The smallest absolute Gasteiger partial charge is 0.462 e. The molecule has 100 heavy (non-hydrogen) atoms. The fourth-order valence-corrected chi connectivity index (χ4v) is 12.3. The number of hydrogen-bond donors (Lipinski definition) is 3. The Morgan fingerprint density at radius 2 is 0.530 bits per heavy atom. The number of phosphoric ester groups is 2. The van der Waals surface area contributed by atoms with E-state index in [1.54, 1.807) is 0 Å². The Morgan fingerprint density at radius 1 is 0.290 bits per heavy atom. The molecule has 0 aromatic carbocycles. The quantitative estimate of drug-likeness (QED) is 0.0169. The van der Waals surface area contributed by atoms with Crippen molar-refractivity contribution >= 4 is 39.5 Å². The van der Waals surface area contributed by atoms with E-state index < -0.39 is 97.5 Å². The van der Waals surface area contributed by atoms with Crippen molar-refractivity contribution in [1.29, 1.82) is 0 Å². The van der Waals surface area contributed by atoms with Gasteiger partial charge in [-0.2, -0.15) is 0 Å². The van der Waals surface area contributed by atoms with Crippen molar-refractivity contribution in [2.75, 3.05) is 39.6 Å². The highest BCUT2D eigenvalue weighted by Crippen LogP contribution is 2.45. The van der Waals surface area contributed by atoms with Crippen molar-refractivity contribution in [1.82, 2.24) is 0 Å². The lowest BCUT2D eigenvalue weighted by Crippen LogP contribution is -2.30. The molecule has 0 saturated heterocycles. The molecule has 19 heteroatoms. The molecule has 580 valence electrons. The molecule has 0 rings (SSSR count). The second kappa shape index (κ2) is 73.5. The molecule has 0 aliphatic heterocycles. The fraction of sp³-hybridized carbons (Fsp3) is 0.778. The van der Waals surface area contributed by atoms with Crippen LogP contribution in [0.25, 0.3) is 0 Å². The molecule has 5 atom stereocenters. The summed E-state index contributed by atoms with van der Waals surface area (Å²) in [6.45, 7) is 4.71. The molecule has 0 bridgehead atoms. The van der Waals surface area contributed by atoms with Gasteiger partial charge in [-0.3, -0.25) is 37.3 Å². The minimum absolute atomic E-state index is 0.0817. The number of unbranched alkanes of at least 4 members (excludes halogenated alkanes) is 35. The van der Waals surface area contributed by atoms with E-state index in [2.05, 4.69) is 113 Å². The fourth-order valence-electron chi connectivity index (χ4n) is 10.8. The number of carbonyl (C=O) groups is 4. The Bertz CT molecular complexity index is 2230. The van der Waals surface area contributed by atoms with Crippen LogP contribution in [0.4, 0.5) is 0 Å². The van der Waals surface area contributed by atoms with Crippen molar-refractivity contribution in [3.8, 4) is 0 Å². The largest absolute Gasteiger partial charge is 0.472 e. The van der Waals surface area contributed by atoms with Crippen molar-refractivity contribution in [2.45, 2.75) is 367 Å². The van der Waals surface area contributed by atoms with E-state index in [0.29, 0.717) is 25.7 Å². The number of allylic oxidation sites excluding steroid dienone is 14. The third-order valence-electron chi connectivity index (χ3n) is 16.8. The Labute approximate surface area is 608 Å². The van der Waals surface area contributed by atoms with E-state index in [0.717, 1.165) is 180 Å². The number of aliphatic hydroxyl groups excluding tert-OH is 1. The standard InChI is InChI=1S/C81H144O17P2/c1-5-9-13-17-21-25-29-32-34-36-37-39-40-43-47-50-54-58-62-66-79(84)92-72-77(98-81(86)68-64-60-56-52-48-44-41-38-35-33-30-26-22-18-14-10-6-2)74-96-100(89,90)94-70-75(82)69-93-99(87,88)95-73-76(97-80(85)67-63-59-55-51-45-28-24-20-16-12-8-4)71-91-78(83)65-61-57-53-49-46-42-31-27-23-19-15-11-7-3/h10,14,20-22,24-26,32-35,37,39,75-77,82H,5-9,11-13,15-19,23,27-31,36,38,40-74H2,1-4H3,(H,87,88)(H,89,90)/b14-10-,24-20-,25-21-,26-22-,34-32-,35-33-,39-37-. The highest BCUT2D eigenvalue weighted by atomic mass is 31.2. The van der Waals surface area contributed by atoms with Gasteiger partial charge < -0.3 is 33.8 Å². The van der Waals surface area contributed by atoms with Gasteiger partial charge in [0.25, 0.3) is 0 Å². The van der Waals surface area contributed by atoms with Gasteiger partial charge in [-0.25, -0.2) is 9.13 Å². The predicted octanol–water partition coefficient (Wildman–Crippen LogP) is 23.0. The molecule has 0 aliphatic rings. The monoisotopic (exact) mass is 1450 g/mol. The van der Waals surface area contributed by atoms with Crippen molar-refractivity contribution in [3.05, 3.63) is 85.1 Å². The number of esters is 4. The van der Waals surface area contributed by atoms with Gasteiger partial charge in [0, 0.05) is 25.7 Å². The van der Waals surface area contributed by atoms with Crippen LogP contribution < -0.4 is 0 Å². The van der Waals surface area contributed by atoms with Gasteiger partial charge in [0.05, 0.1) is 26.4 Å². The summed E-state index contributed by atoms with van der Waals surface area (Å²) < 4.78 is 68.5. The van der Waals surface area contributed by atoms with Crippen LogP contribution in [-0.2, 0) is 65.4 Å². The van der Waals surface area contributed by atoms with Crippen LogP contribution in [0.5, 0.6) is 0 Å². The molecule has 0 radical (unpaired) electrons. The lowest BCUT2D eigenvalue weighted by atomic mass is 10.0. The number of hydrogen-bond acceptors (Lipinski definition) is 15. The van der Waals surface area contributed by atoms with Crippen LogP contribution in [0.15, 0.2) is 85.1 Å². The zero-order valence-corrected chi connectivity index (χ0v) is 65.2. The molecule has 0 saturated carbocycles. The minimum Gasteiger partial charge on any atom is -0.462 e. The normalized spacial score (nSPS) is 14.3. The number of ether oxygens (including phenoxy) is 4. The maximum absolute atomic E-state index is 13.1. The molecule has 0 spiro atoms. The van der Waals surface area contributed by atoms with E-state index >= 15 is 0 Å². The van der Waals surface area contributed by atoms with Gasteiger partial charge >= 0.3 is 39.5 Å². The average molecular weight is 1450 g/mol. The van der Waals surface area contributed by atoms with Gasteiger partial charge in [0.15, 0.2) is 12.2 Å². The minimum atomic E-state index is -4.98. The molecule has 3 N–H and O–H groups in total. The summed E-state index contributed by atoms with van der Waals surface area (Å²) in [7, 11) is -9.95. The second-order valence-corrected chi connectivity index (χ2v) is 29.5. The van der Waals surface area contributed by atoms with Gasteiger partial charge in [-0.15, -0.1) is 0 Å². The summed E-state index contributed by atoms with van der Waals surface area (Å²) in [6.07, 6.45) is 75.6. The highest BCUT2D eigenvalue weighted by molar-refractivity contribution is 7.47. The summed E-state index contributed by atoms with van der Waals surface area (Å²) in [5.74, 6) is -2.19. The Kier molecular flexibility index (Phi) is 70.8. The molecular weight excluding hydrogens is 1310 g/mol. The molecule has 17 nitrogen and oxygen atoms in total. The second-order valence-electron chi connectivity index (χ2n) is 26.6. The number of carbonyl (C=O) groups excluding carboxylic acids is 4. The average Bonchev–Trinajstić information content (AvgIpc) is 1.05. The maximum Gasteiger partial charge on any atom is 0.472 e. The first kappa shape index (κ1) is 96.2. The van der Waals surface area contributed by atoms with E-state index in [-0.39, 0.29) is 25.7 Å². The van der Waals surface area contributed by atoms with E-state index in [4.69, 9.17) is 37.0 Å². The van der Waals surface area contributed by atoms with Crippen LogP contribution in [0.2, 0.25) is 0 Å². The van der Waals surface area contributed by atoms with E-state index in [1.807, 2.05) is 0 Å². The third-order valence-corrected chi connectivity index (χ3v) is 18.7. The molecule has 0 fully saturated rings. The first-order valence-corrected chi connectivity index (χ1v) is 42.8. The lowest BCUT2D eigenvalue weighted by molar-refractivity contribution is -0.161. The van der Waals surface area contributed by atoms with Crippen LogP contribution in [0.3, 0.4) is 0 Å². The molecule has 5 unspecified atom stereocenters. The SMILES string of the molecule is CC/C=C\C/C=C\C/C=C\CCCCCCCCCC(=O)OC(COC(=O)CCCCCCCC/C=C\C/C=C\C/C=C\CCCCC)COP(=O)(O)OCC(O)COP(=O)(O)OCC(COC(=O)CCCCCCCCCCCCCCC)OC(=O)CCCCCCC/C=C\CCCC. The number of rotatable bonds is 75. The third kappa shape index (κ3) is 72.6. The van der Waals surface area contributed by atoms with Crippen LogP contribution in [-0.4, -0.2) is 96.7 Å². The molecule has 0 aromatic rings. The van der Waals surface area contributed by atoms with Gasteiger partial charge in [-0.05, 0) is 116 Å². The Hall–Kier alpha value is -3.76. The predicted molar refractivity (Wildman–Crippen MR) is 409 cm³/mol. The summed E-state index contributed by atoms with van der Waals surface area (Å²) in [5, 5.41) is 10.6. The number of aliphatic hydroxyl groups is 1. The lowest BCUT2D eigenvalue weighted by Gasteiger charge is -2.21. The zero-order chi connectivity index (χ0) is 73.2. The van der Waals surface area contributed by atoms with Gasteiger partial charge in [-0.1, -0.05) is 293 Å². The molecule has 0 aromatic heterocycles. The summed E-state index contributed by atoms with van der Waals surface area (Å²) in [5.41, 5.74) is 0. The van der Waals surface area contributed by atoms with Crippen LogP contribution in [0.1, 0.15) is 349 Å². The first-order valence-electron chi connectivity index (χ1n) is 39.8. The summed E-state index contributed by atoms with van der Waals surface area (Å²) in [4.78, 5) is 72.9. The van der Waals surface area contributed by atoms with Gasteiger partial charge in [0.1, 0.15) is 19.3 Å². The van der Waals surface area contributed by atoms with Crippen LogP contribution in [0, 0.1) is 0 Å².